The first-order valence-corrected chi connectivity index (χ1v) is 8.62. The molecule has 0 saturated heterocycles. The molecule has 0 radical (unpaired) electrons. The van der Waals surface area contributed by atoms with Crippen molar-refractivity contribution in [3.05, 3.63) is 89.3 Å². The van der Waals surface area contributed by atoms with Crippen LogP contribution in [0.1, 0.15) is 24.0 Å². The first kappa shape index (κ1) is 16.2. The van der Waals surface area contributed by atoms with Crippen LogP contribution in [0.5, 0.6) is 5.75 Å². The van der Waals surface area contributed by atoms with Crippen LogP contribution in [0, 0.1) is 0 Å². The minimum atomic E-state index is -0.447. The van der Waals surface area contributed by atoms with Gasteiger partial charge in [0.15, 0.2) is 0 Å². The molecule has 1 aliphatic heterocycles. The van der Waals surface area contributed by atoms with E-state index in [0.717, 1.165) is 21.9 Å². The predicted molar refractivity (Wildman–Crippen MR) is 101 cm³/mol. The van der Waals surface area contributed by atoms with Crippen molar-refractivity contribution >= 4 is 16.7 Å². The lowest BCUT2D eigenvalue weighted by atomic mass is 9.82. The molecule has 0 fully saturated rings. The Bertz CT molecular complexity index is 1010. The van der Waals surface area contributed by atoms with Gasteiger partial charge in [0.25, 0.3) is 0 Å². The summed E-state index contributed by atoms with van der Waals surface area (Å²) in [6.45, 7) is 2.05. The molecule has 2 N–H and O–H groups in total. The van der Waals surface area contributed by atoms with Gasteiger partial charge in [0.1, 0.15) is 11.3 Å². The van der Waals surface area contributed by atoms with Gasteiger partial charge in [0.2, 0.25) is 5.88 Å². The Morgan fingerprint density at radius 1 is 1.04 bits per heavy atom. The summed E-state index contributed by atoms with van der Waals surface area (Å²) in [4.78, 5) is 12.6. The second kappa shape index (κ2) is 6.56. The number of rotatable bonds is 3. The highest BCUT2D eigenvalue weighted by atomic mass is 16.5. The number of fused-ring (bicyclic) bond motifs is 3. The Morgan fingerprint density at radius 2 is 1.77 bits per heavy atom. The standard InChI is InChI=1S/C22H19NO3/c1-2-25-22(24)19-18(15-9-4-3-5-10-15)17-13-12-14-8-6-7-11-16(14)20(17)26-21(19)23/h3-13,18H,2,23H2,1H3. The topological polar surface area (TPSA) is 61.5 Å². The molecule has 1 unspecified atom stereocenters. The van der Waals surface area contributed by atoms with Gasteiger partial charge in [-0.3, -0.25) is 0 Å². The third-order valence-electron chi connectivity index (χ3n) is 4.62. The van der Waals surface area contributed by atoms with Gasteiger partial charge in [-0.2, -0.15) is 0 Å². The zero-order valence-electron chi connectivity index (χ0n) is 14.4. The number of hydrogen-bond donors (Lipinski definition) is 1. The summed E-state index contributed by atoms with van der Waals surface area (Å²) in [5.41, 5.74) is 8.43. The van der Waals surface area contributed by atoms with Gasteiger partial charge < -0.3 is 15.2 Å². The van der Waals surface area contributed by atoms with E-state index in [0.29, 0.717) is 11.3 Å². The van der Waals surface area contributed by atoms with E-state index in [1.807, 2.05) is 66.7 Å². The number of hydrogen-bond acceptors (Lipinski definition) is 4. The second-order valence-corrected chi connectivity index (χ2v) is 6.15. The van der Waals surface area contributed by atoms with Crippen molar-refractivity contribution in [3.8, 4) is 5.75 Å². The first-order valence-electron chi connectivity index (χ1n) is 8.62. The van der Waals surface area contributed by atoms with Gasteiger partial charge >= 0.3 is 5.97 Å². The van der Waals surface area contributed by atoms with Crippen LogP contribution >= 0.6 is 0 Å². The van der Waals surface area contributed by atoms with E-state index in [9.17, 15) is 4.79 Å². The van der Waals surface area contributed by atoms with Crippen LogP contribution in [-0.2, 0) is 9.53 Å². The first-order chi connectivity index (χ1) is 12.7. The molecule has 3 aromatic carbocycles. The maximum Gasteiger partial charge on any atom is 0.340 e. The van der Waals surface area contributed by atoms with E-state index in [1.165, 1.54) is 0 Å². The molecule has 0 saturated carbocycles. The lowest BCUT2D eigenvalue weighted by Gasteiger charge is -2.29. The number of ether oxygens (including phenoxy) is 2. The average Bonchev–Trinajstić information content (AvgIpc) is 2.67. The molecular formula is C22H19NO3. The van der Waals surface area contributed by atoms with E-state index in [1.54, 1.807) is 6.92 Å². The summed E-state index contributed by atoms with van der Waals surface area (Å²) in [7, 11) is 0. The van der Waals surface area contributed by atoms with Crippen LogP contribution in [-0.4, -0.2) is 12.6 Å². The molecule has 130 valence electrons. The summed E-state index contributed by atoms with van der Waals surface area (Å²) in [6, 6.07) is 21.8. The molecule has 3 aromatic rings. The van der Waals surface area contributed by atoms with Crippen molar-refractivity contribution in [1.29, 1.82) is 0 Å². The molecule has 26 heavy (non-hydrogen) atoms. The lowest BCUT2D eigenvalue weighted by molar-refractivity contribution is -0.139. The Balaban J connectivity index is 1.97. The van der Waals surface area contributed by atoms with Gasteiger partial charge in [-0.1, -0.05) is 66.7 Å². The lowest BCUT2D eigenvalue weighted by Crippen LogP contribution is -2.27. The van der Waals surface area contributed by atoms with Crippen molar-refractivity contribution in [2.24, 2.45) is 5.73 Å². The fourth-order valence-electron chi connectivity index (χ4n) is 3.48. The van der Waals surface area contributed by atoms with E-state index in [-0.39, 0.29) is 18.4 Å². The van der Waals surface area contributed by atoms with Gasteiger partial charge in [-0.05, 0) is 17.9 Å². The Hall–Kier alpha value is -3.27. The summed E-state index contributed by atoms with van der Waals surface area (Å²) in [5.74, 6) is 0.0184. The maximum absolute atomic E-state index is 12.6. The predicted octanol–water partition coefficient (Wildman–Crippen LogP) is 4.10. The van der Waals surface area contributed by atoms with Gasteiger partial charge in [0, 0.05) is 10.9 Å². The summed E-state index contributed by atoms with van der Waals surface area (Å²) in [5, 5.41) is 2.03. The van der Waals surface area contributed by atoms with E-state index in [2.05, 4.69) is 0 Å². The van der Waals surface area contributed by atoms with Gasteiger partial charge in [0.05, 0.1) is 12.5 Å². The summed E-state index contributed by atoms with van der Waals surface area (Å²) in [6.07, 6.45) is 0. The highest BCUT2D eigenvalue weighted by molar-refractivity contribution is 5.96. The minimum absolute atomic E-state index is 0.0983. The van der Waals surface area contributed by atoms with E-state index < -0.39 is 5.97 Å². The molecule has 0 spiro atoms. The zero-order valence-corrected chi connectivity index (χ0v) is 14.4. The number of carbonyl (C=O) groups excluding carboxylic acids is 1. The summed E-state index contributed by atoms with van der Waals surface area (Å²) < 4.78 is 11.2. The van der Waals surface area contributed by atoms with Crippen LogP contribution in [0.25, 0.3) is 10.8 Å². The van der Waals surface area contributed by atoms with E-state index >= 15 is 0 Å². The molecular weight excluding hydrogens is 326 g/mol. The largest absolute Gasteiger partial charge is 0.462 e. The van der Waals surface area contributed by atoms with Crippen molar-refractivity contribution in [3.63, 3.8) is 0 Å². The van der Waals surface area contributed by atoms with Crippen molar-refractivity contribution in [1.82, 2.24) is 0 Å². The van der Waals surface area contributed by atoms with Crippen molar-refractivity contribution < 1.29 is 14.3 Å². The fraction of sp³-hybridized carbons (Fsp3) is 0.136. The highest BCUT2D eigenvalue weighted by Crippen LogP contribution is 2.45. The van der Waals surface area contributed by atoms with Crippen LogP contribution in [0.4, 0.5) is 0 Å². The molecule has 1 aliphatic rings. The SMILES string of the molecule is CCOC(=O)C1=C(N)Oc2c(ccc3ccccc23)C1c1ccccc1. The normalized spacial score (nSPS) is 16.1. The van der Waals surface area contributed by atoms with Gasteiger partial charge in [-0.15, -0.1) is 0 Å². The van der Waals surface area contributed by atoms with Gasteiger partial charge in [-0.25, -0.2) is 4.79 Å². The third kappa shape index (κ3) is 2.60. The van der Waals surface area contributed by atoms with Crippen molar-refractivity contribution in [2.75, 3.05) is 6.61 Å². The molecule has 0 amide bonds. The molecule has 0 aliphatic carbocycles. The van der Waals surface area contributed by atoms with Crippen LogP contribution in [0.15, 0.2) is 78.2 Å². The third-order valence-corrected chi connectivity index (χ3v) is 4.62. The number of nitrogens with two attached hydrogens (primary N) is 1. The van der Waals surface area contributed by atoms with Crippen LogP contribution in [0.2, 0.25) is 0 Å². The quantitative estimate of drug-likeness (QED) is 0.726. The maximum atomic E-state index is 12.6. The second-order valence-electron chi connectivity index (χ2n) is 6.15. The molecule has 0 bridgehead atoms. The smallest absolute Gasteiger partial charge is 0.340 e. The molecule has 1 atom stereocenters. The molecule has 0 aromatic heterocycles. The molecule has 4 rings (SSSR count). The Labute approximate surface area is 151 Å². The molecule has 4 heteroatoms. The van der Waals surface area contributed by atoms with Crippen LogP contribution < -0.4 is 10.5 Å². The number of esters is 1. The highest BCUT2D eigenvalue weighted by Gasteiger charge is 2.36. The number of carbonyl (C=O) groups is 1. The zero-order chi connectivity index (χ0) is 18.1. The minimum Gasteiger partial charge on any atom is -0.462 e. The van der Waals surface area contributed by atoms with Crippen LogP contribution in [0.3, 0.4) is 0 Å². The Morgan fingerprint density at radius 3 is 2.54 bits per heavy atom. The monoisotopic (exact) mass is 345 g/mol. The fourth-order valence-corrected chi connectivity index (χ4v) is 3.48. The number of benzene rings is 3. The van der Waals surface area contributed by atoms with E-state index in [4.69, 9.17) is 15.2 Å². The van der Waals surface area contributed by atoms with Crippen molar-refractivity contribution in [2.45, 2.75) is 12.8 Å². The molecule has 1 heterocycles. The average molecular weight is 345 g/mol. The molecule has 4 nitrogen and oxygen atoms in total. The Kier molecular flexibility index (Phi) is 4.09. The summed E-state index contributed by atoms with van der Waals surface area (Å²) >= 11 is 0.